The molecule has 0 atom stereocenters. The first kappa shape index (κ1) is 17.0. The van der Waals surface area contributed by atoms with E-state index in [9.17, 15) is 0 Å². The maximum atomic E-state index is 5.26. The summed E-state index contributed by atoms with van der Waals surface area (Å²) in [6, 6.07) is 9.61. The zero-order valence-electron chi connectivity index (χ0n) is 15.4. The lowest BCUT2D eigenvalue weighted by molar-refractivity contribution is 0.415. The van der Waals surface area contributed by atoms with Crippen LogP contribution in [0.1, 0.15) is 11.6 Å². The normalized spacial score (nSPS) is 11.1. The molecule has 0 aliphatic heterocycles. The molecule has 27 heavy (non-hydrogen) atoms. The van der Waals surface area contributed by atoms with Gasteiger partial charge in [-0.2, -0.15) is 4.98 Å². The number of likely N-dealkylation sites (N-methyl/N-ethyl adjacent to an activating group) is 1. The van der Waals surface area contributed by atoms with Crippen molar-refractivity contribution in [3.63, 3.8) is 0 Å². The van der Waals surface area contributed by atoms with Crippen LogP contribution < -0.4 is 9.64 Å². The quantitative estimate of drug-likeness (QED) is 0.562. The number of aryl methyl sites for hydroxylation is 1. The van der Waals surface area contributed by atoms with Crippen LogP contribution in [0.25, 0.3) is 22.5 Å². The number of H-pyrrole nitrogens is 1. The summed E-state index contributed by atoms with van der Waals surface area (Å²) in [6.45, 7) is 2.56. The summed E-state index contributed by atoms with van der Waals surface area (Å²) in [5, 5.41) is 3.84. The number of nitrogens with one attached hydrogen (secondary N) is 1. The average molecular weight is 364 g/mol. The second-order valence-electron chi connectivity index (χ2n) is 6.29. The first-order chi connectivity index (χ1) is 13.1. The molecule has 1 aromatic carbocycles. The Labute approximate surface area is 156 Å². The molecule has 0 unspecified atom stereocenters. The van der Waals surface area contributed by atoms with Gasteiger partial charge in [0.2, 0.25) is 0 Å². The van der Waals surface area contributed by atoms with Gasteiger partial charge < -0.3 is 19.1 Å². The van der Waals surface area contributed by atoms with Crippen molar-refractivity contribution < 1.29 is 9.26 Å². The molecule has 0 spiro atoms. The van der Waals surface area contributed by atoms with E-state index in [1.54, 1.807) is 20.2 Å². The molecule has 8 nitrogen and oxygen atoms in total. The number of ether oxygens (including phenoxy) is 1. The van der Waals surface area contributed by atoms with Crippen LogP contribution in [-0.2, 0) is 6.42 Å². The lowest BCUT2D eigenvalue weighted by Gasteiger charge is -2.17. The van der Waals surface area contributed by atoms with E-state index in [1.165, 1.54) is 0 Å². The number of fused-ring (bicyclic) bond motifs is 1. The number of aromatic amines is 1. The number of pyridine rings is 1. The summed E-state index contributed by atoms with van der Waals surface area (Å²) in [5.41, 5.74) is 2.75. The molecule has 0 bridgehead atoms. The highest BCUT2D eigenvalue weighted by Gasteiger charge is 2.11. The Morgan fingerprint density at radius 3 is 2.85 bits per heavy atom. The fourth-order valence-electron chi connectivity index (χ4n) is 2.85. The van der Waals surface area contributed by atoms with E-state index in [2.05, 4.69) is 30.0 Å². The van der Waals surface area contributed by atoms with Crippen LogP contribution in [0.2, 0.25) is 0 Å². The van der Waals surface area contributed by atoms with E-state index in [-0.39, 0.29) is 0 Å². The van der Waals surface area contributed by atoms with E-state index < -0.39 is 0 Å². The first-order valence-electron chi connectivity index (χ1n) is 8.63. The minimum atomic E-state index is 0.496. The van der Waals surface area contributed by atoms with Gasteiger partial charge >= 0.3 is 0 Å². The van der Waals surface area contributed by atoms with Crippen molar-refractivity contribution in [1.29, 1.82) is 0 Å². The minimum absolute atomic E-state index is 0.496. The van der Waals surface area contributed by atoms with Crippen LogP contribution in [0.5, 0.6) is 5.75 Å². The van der Waals surface area contributed by atoms with Gasteiger partial charge in [0.15, 0.2) is 5.82 Å². The lowest BCUT2D eigenvalue weighted by Crippen LogP contribution is -2.21. The van der Waals surface area contributed by atoms with Crippen LogP contribution in [0, 0.1) is 6.92 Å². The maximum Gasteiger partial charge on any atom is 0.258 e. The van der Waals surface area contributed by atoms with Gasteiger partial charge in [0.25, 0.3) is 5.89 Å². The number of methoxy groups -OCH3 is 1. The van der Waals surface area contributed by atoms with Gasteiger partial charge in [-0.3, -0.25) is 0 Å². The molecule has 1 N–H and O–H groups in total. The van der Waals surface area contributed by atoms with Gasteiger partial charge in [0.05, 0.1) is 18.1 Å². The fourth-order valence-corrected chi connectivity index (χ4v) is 2.85. The summed E-state index contributed by atoms with van der Waals surface area (Å²) < 4.78 is 10.5. The van der Waals surface area contributed by atoms with Crippen molar-refractivity contribution in [2.75, 3.05) is 25.6 Å². The SMILES string of the molecule is COc1ccc2nc(CCN(C)c3cc(-c4nc(C)no4)ccn3)[nH]c2c1. The zero-order chi connectivity index (χ0) is 18.8. The minimum Gasteiger partial charge on any atom is -0.497 e. The Balaban J connectivity index is 1.47. The highest BCUT2D eigenvalue weighted by molar-refractivity contribution is 5.76. The molecular formula is C19H20N6O2. The Morgan fingerprint density at radius 2 is 2.07 bits per heavy atom. The molecule has 0 saturated carbocycles. The van der Waals surface area contributed by atoms with Crippen molar-refractivity contribution in [1.82, 2.24) is 25.1 Å². The number of hydrogen-bond acceptors (Lipinski definition) is 7. The molecule has 0 aliphatic carbocycles. The van der Waals surface area contributed by atoms with Gasteiger partial charge in [-0.25, -0.2) is 9.97 Å². The van der Waals surface area contributed by atoms with Gasteiger partial charge in [0.1, 0.15) is 17.4 Å². The smallest absolute Gasteiger partial charge is 0.258 e. The van der Waals surface area contributed by atoms with Crippen LogP contribution in [0.3, 0.4) is 0 Å². The van der Waals surface area contributed by atoms with Gasteiger partial charge in [0, 0.05) is 37.8 Å². The molecule has 0 amide bonds. The van der Waals surface area contributed by atoms with Crippen molar-refractivity contribution in [3.8, 4) is 17.2 Å². The van der Waals surface area contributed by atoms with Gasteiger partial charge in [-0.15, -0.1) is 0 Å². The van der Waals surface area contributed by atoms with E-state index >= 15 is 0 Å². The molecule has 3 aromatic heterocycles. The molecule has 138 valence electrons. The largest absolute Gasteiger partial charge is 0.497 e. The van der Waals surface area contributed by atoms with Crippen LogP contribution in [-0.4, -0.2) is 45.8 Å². The van der Waals surface area contributed by atoms with E-state index in [0.717, 1.165) is 47.0 Å². The molecular weight excluding hydrogens is 344 g/mol. The molecule has 0 aliphatic rings. The summed E-state index contributed by atoms with van der Waals surface area (Å²) in [6.07, 6.45) is 2.51. The van der Waals surface area contributed by atoms with Crippen molar-refractivity contribution in [3.05, 3.63) is 48.2 Å². The number of hydrogen-bond donors (Lipinski definition) is 1. The average Bonchev–Trinajstić information content (AvgIpc) is 3.31. The Bertz CT molecular complexity index is 1070. The highest BCUT2D eigenvalue weighted by atomic mass is 16.5. The highest BCUT2D eigenvalue weighted by Crippen LogP contribution is 2.22. The van der Waals surface area contributed by atoms with Gasteiger partial charge in [-0.1, -0.05) is 5.16 Å². The molecule has 3 heterocycles. The van der Waals surface area contributed by atoms with E-state index in [1.807, 2.05) is 37.4 Å². The third-order valence-electron chi connectivity index (χ3n) is 4.33. The van der Waals surface area contributed by atoms with Crippen LogP contribution in [0.4, 0.5) is 5.82 Å². The standard InChI is InChI=1S/C19H20N6O2/c1-12-21-19(27-24-12)13-6-8-20-18(10-13)25(2)9-7-17-22-15-5-4-14(26-3)11-16(15)23-17/h4-6,8,10-11H,7,9H2,1-3H3,(H,22,23). The molecule has 0 saturated heterocycles. The van der Waals surface area contributed by atoms with Crippen molar-refractivity contribution >= 4 is 16.9 Å². The molecule has 4 rings (SSSR count). The third-order valence-corrected chi connectivity index (χ3v) is 4.33. The Hall–Kier alpha value is -3.42. The predicted molar refractivity (Wildman–Crippen MR) is 102 cm³/mol. The Kier molecular flexibility index (Phi) is 4.45. The summed E-state index contributed by atoms with van der Waals surface area (Å²) in [7, 11) is 3.65. The monoisotopic (exact) mass is 364 g/mol. The van der Waals surface area contributed by atoms with Crippen LogP contribution >= 0.6 is 0 Å². The number of aromatic nitrogens is 5. The first-order valence-corrected chi connectivity index (χ1v) is 8.63. The second kappa shape index (κ2) is 7.06. The topological polar surface area (TPSA) is 93.0 Å². The number of benzene rings is 1. The number of nitrogens with zero attached hydrogens (tertiary/aromatic N) is 5. The number of imidazole rings is 1. The van der Waals surface area contributed by atoms with Crippen molar-refractivity contribution in [2.45, 2.75) is 13.3 Å². The number of anilines is 1. The van der Waals surface area contributed by atoms with E-state index in [4.69, 9.17) is 9.26 Å². The Morgan fingerprint density at radius 1 is 1.19 bits per heavy atom. The molecule has 0 fully saturated rings. The van der Waals surface area contributed by atoms with Gasteiger partial charge in [-0.05, 0) is 31.2 Å². The zero-order valence-corrected chi connectivity index (χ0v) is 15.4. The van der Waals surface area contributed by atoms with Crippen LogP contribution in [0.15, 0.2) is 41.1 Å². The number of rotatable bonds is 6. The summed E-state index contributed by atoms with van der Waals surface area (Å²) >= 11 is 0. The van der Waals surface area contributed by atoms with E-state index in [0.29, 0.717) is 11.7 Å². The fraction of sp³-hybridized carbons (Fsp3) is 0.263. The lowest BCUT2D eigenvalue weighted by atomic mass is 10.2. The second-order valence-corrected chi connectivity index (χ2v) is 6.29. The third kappa shape index (κ3) is 3.59. The summed E-state index contributed by atoms with van der Waals surface area (Å²) in [4.78, 5) is 18.7. The predicted octanol–water partition coefficient (Wildman–Crippen LogP) is 3.00. The molecule has 4 aromatic rings. The molecule has 0 radical (unpaired) electrons. The summed E-state index contributed by atoms with van der Waals surface area (Å²) in [5.74, 6) is 3.68. The van der Waals surface area contributed by atoms with Crippen molar-refractivity contribution in [2.24, 2.45) is 0 Å². The maximum absolute atomic E-state index is 5.26. The molecule has 8 heteroatoms.